The van der Waals surface area contributed by atoms with Gasteiger partial charge in [-0.25, -0.2) is 9.37 Å². The molecular formula is C14H9ClFN3O3. The normalized spacial score (nSPS) is 12.9. The summed E-state index contributed by atoms with van der Waals surface area (Å²) in [4.78, 5) is 27.4. The van der Waals surface area contributed by atoms with Crippen molar-refractivity contribution in [1.82, 2.24) is 4.98 Å². The molecule has 3 rings (SSSR count). The van der Waals surface area contributed by atoms with Crippen LogP contribution in [0.25, 0.3) is 0 Å². The summed E-state index contributed by atoms with van der Waals surface area (Å²) in [6, 6.07) is 6.96. The first kappa shape index (κ1) is 14.3. The number of pyridine rings is 1. The van der Waals surface area contributed by atoms with Gasteiger partial charge in [-0.3, -0.25) is 9.59 Å². The molecular weight excluding hydrogens is 313 g/mol. The van der Waals surface area contributed by atoms with Gasteiger partial charge in [-0.15, -0.1) is 0 Å². The maximum Gasteiger partial charge on any atom is 0.263 e. The molecule has 0 saturated heterocycles. The highest BCUT2D eigenvalue weighted by atomic mass is 35.5. The van der Waals surface area contributed by atoms with E-state index in [0.717, 1.165) is 6.07 Å². The summed E-state index contributed by atoms with van der Waals surface area (Å²) in [7, 11) is 0. The van der Waals surface area contributed by atoms with Crippen LogP contribution in [0.2, 0.25) is 5.02 Å². The van der Waals surface area contributed by atoms with Gasteiger partial charge in [0, 0.05) is 0 Å². The van der Waals surface area contributed by atoms with Crippen LogP contribution in [0.4, 0.5) is 16.0 Å². The van der Waals surface area contributed by atoms with Gasteiger partial charge in [0.2, 0.25) is 0 Å². The number of hydrogen-bond donors (Lipinski definition) is 2. The summed E-state index contributed by atoms with van der Waals surface area (Å²) in [6.45, 7) is -0.0920. The second-order valence-corrected chi connectivity index (χ2v) is 4.84. The molecule has 8 heteroatoms. The maximum absolute atomic E-state index is 13.7. The molecule has 2 amide bonds. The summed E-state index contributed by atoms with van der Waals surface area (Å²) in [5.74, 6) is -1.11. The smallest absolute Gasteiger partial charge is 0.263 e. The first-order chi connectivity index (χ1) is 10.5. The standard InChI is InChI=1S/C14H9ClFN3O3/c15-7-2-1-3-8(16)12(7)14(21)18-10-5-4-9-13(17-10)19-11(20)6-22-9/h1-5H,6H2,(H2,17,18,19,20,21). The van der Waals surface area contributed by atoms with E-state index < -0.39 is 11.7 Å². The van der Waals surface area contributed by atoms with Crippen molar-refractivity contribution in [1.29, 1.82) is 0 Å². The van der Waals surface area contributed by atoms with Crippen molar-refractivity contribution in [2.24, 2.45) is 0 Å². The van der Waals surface area contributed by atoms with E-state index in [-0.39, 0.29) is 34.7 Å². The second kappa shape index (κ2) is 5.61. The topological polar surface area (TPSA) is 80.3 Å². The van der Waals surface area contributed by atoms with Crippen molar-refractivity contribution in [2.45, 2.75) is 0 Å². The summed E-state index contributed by atoms with van der Waals surface area (Å²) >= 11 is 5.83. The quantitative estimate of drug-likeness (QED) is 0.890. The number of fused-ring (bicyclic) bond motifs is 1. The van der Waals surface area contributed by atoms with Gasteiger partial charge in [0.1, 0.15) is 11.6 Å². The highest BCUT2D eigenvalue weighted by Crippen LogP contribution is 2.27. The molecule has 6 nitrogen and oxygen atoms in total. The van der Waals surface area contributed by atoms with Crippen LogP contribution >= 0.6 is 11.6 Å². The fourth-order valence-corrected chi connectivity index (χ4v) is 2.18. The molecule has 0 aliphatic carbocycles. The van der Waals surface area contributed by atoms with Gasteiger partial charge in [0.05, 0.1) is 10.6 Å². The Morgan fingerprint density at radius 2 is 2.18 bits per heavy atom. The molecule has 0 spiro atoms. The number of nitrogens with one attached hydrogen (secondary N) is 2. The zero-order valence-electron chi connectivity index (χ0n) is 11.0. The monoisotopic (exact) mass is 321 g/mol. The average Bonchev–Trinajstić information content (AvgIpc) is 2.46. The van der Waals surface area contributed by atoms with Crippen LogP contribution in [0.1, 0.15) is 10.4 Å². The lowest BCUT2D eigenvalue weighted by Crippen LogP contribution is -2.26. The van der Waals surface area contributed by atoms with Crippen molar-refractivity contribution in [2.75, 3.05) is 17.2 Å². The van der Waals surface area contributed by atoms with Gasteiger partial charge < -0.3 is 15.4 Å². The van der Waals surface area contributed by atoms with Gasteiger partial charge in [0.25, 0.3) is 11.8 Å². The molecule has 1 aromatic carbocycles. The molecule has 1 aromatic heterocycles. The SMILES string of the molecule is O=C1COc2ccc(NC(=O)c3c(F)cccc3Cl)nc2N1. The lowest BCUT2D eigenvalue weighted by atomic mass is 10.2. The van der Waals surface area contributed by atoms with E-state index in [0.29, 0.717) is 5.75 Å². The fraction of sp³-hybridized carbons (Fsp3) is 0.0714. The summed E-state index contributed by atoms with van der Waals surface area (Å²) in [5.41, 5.74) is -0.274. The summed E-state index contributed by atoms with van der Waals surface area (Å²) in [6.07, 6.45) is 0. The molecule has 0 atom stereocenters. The van der Waals surface area contributed by atoms with Crippen molar-refractivity contribution in [3.05, 3.63) is 46.7 Å². The number of anilines is 2. The molecule has 22 heavy (non-hydrogen) atoms. The number of nitrogens with zero attached hydrogens (tertiary/aromatic N) is 1. The second-order valence-electron chi connectivity index (χ2n) is 4.43. The zero-order chi connectivity index (χ0) is 15.7. The maximum atomic E-state index is 13.7. The third-order valence-corrected chi connectivity index (χ3v) is 3.22. The first-order valence-corrected chi connectivity index (χ1v) is 6.61. The molecule has 2 heterocycles. The van der Waals surface area contributed by atoms with Crippen molar-refractivity contribution >= 4 is 35.1 Å². The van der Waals surface area contributed by atoms with Crippen LogP contribution in [0.15, 0.2) is 30.3 Å². The van der Waals surface area contributed by atoms with Crippen LogP contribution < -0.4 is 15.4 Å². The molecule has 112 valence electrons. The third kappa shape index (κ3) is 2.71. The van der Waals surface area contributed by atoms with Crippen molar-refractivity contribution < 1.29 is 18.7 Å². The van der Waals surface area contributed by atoms with Gasteiger partial charge in [0.15, 0.2) is 18.2 Å². The Bertz CT molecular complexity index is 762. The number of ether oxygens (including phenoxy) is 1. The van der Waals surface area contributed by atoms with Crippen molar-refractivity contribution in [3.8, 4) is 5.75 Å². The minimum atomic E-state index is -0.737. The molecule has 1 aliphatic heterocycles. The zero-order valence-corrected chi connectivity index (χ0v) is 11.8. The number of carbonyl (C=O) groups is 2. The van der Waals surface area contributed by atoms with Crippen LogP contribution in [-0.4, -0.2) is 23.4 Å². The Morgan fingerprint density at radius 3 is 2.95 bits per heavy atom. The Morgan fingerprint density at radius 1 is 1.36 bits per heavy atom. The Kier molecular flexibility index (Phi) is 3.64. The number of aromatic nitrogens is 1. The molecule has 1 aliphatic rings. The minimum absolute atomic E-state index is 0.00732. The highest BCUT2D eigenvalue weighted by molar-refractivity contribution is 6.34. The van der Waals surface area contributed by atoms with Gasteiger partial charge in [-0.1, -0.05) is 17.7 Å². The average molecular weight is 322 g/mol. The lowest BCUT2D eigenvalue weighted by molar-refractivity contribution is -0.118. The first-order valence-electron chi connectivity index (χ1n) is 6.23. The van der Waals surface area contributed by atoms with E-state index >= 15 is 0 Å². The molecule has 0 unspecified atom stereocenters. The Balaban J connectivity index is 1.86. The van der Waals surface area contributed by atoms with Gasteiger partial charge >= 0.3 is 0 Å². The molecule has 2 N–H and O–H groups in total. The molecule has 0 radical (unpaired) electrons. The largest absolute Gasteiger partial charge is 0.480 e. The Hall–Kier alpha value is -2.67. The third-order valence-electron chi connectivity index (χ3n) is 2.91. The molecule has 0 saturated carbocycles. The summed E-state index contributed by atoms with van der Waals surface area (Å²) in [5, 5.41) is 4.93. The van der Waals surface area contributed by atoms with Crippen molar-refractivity contribution in [3.63, 3.8) is 0 Å². The van der Waals surface area contributed by atoms with Crippen LogP contribution in [-0.2, 0) is 4.79 Å². The van der Waals surface area contributed by atoms with Gasteiger partial charge in [-0.2, -0.15) is 0 Å². The van der Waals surface area contributed by atoms with E-state index in [2.05, 4.69) is 15.6 Å². The molecule has 2 aromatic rings. The predicted molar refractivity (Wildman–Crippen MR) is 77.7 cm³/mol. The van der Waals surface area contributed by atoms with E-state index in [9.17, 15) is 14.0 Å². The number of hydrogen-bond acceptors (Lipinski definition) is 4. The Labute approximate surface area is 129 Å². The number of rotatable bonds is 2. The molecule has 0 fully saturated rings. The van der Waals surface area contributed by atoms with E-state index in [1.807, 2.05) is 0 Å². The van der Waals surface area contributed by atoms with Crippen LogP contribution in [0.5, 0.6) is 5.75 Å². The van der Waals surface area contributed by atoms with E-state index in [1.165, 1.54) is 18.2 Å². The number of benzene rings is 1. The molecule has 0 bridgehead atoms. The predicted octanol–water partition coefficient (Wildman–Crippen LogP) is 2.46. The van der Waals surface area contributed by atoms with Crippen LogP contribution in [0, 0.1) is 5.82 Å². The number of halogens is 2. The fourth-order valence-electron chi connectivity index (χ4n) is 1.93. The number of amides is 2. The van der Waals surface area contributed by atoms with Gasteiger partial charge in [-0.05, 0) is 24.3 Å². The van der Waals surface area contributed by atoms with Crippen LogP contribution in [0.3, 0.4) is 0 Å². The minimum Gasteiger partial charge on any atom is -0.480 e. The van der Waals surface area contributed by atoms with E-state index in [1.54, 1.807) is 6.07 Å². The van der Waals surface area contributed by atoms with E-state index in [4.69, 9.17) is 16.3 Å². The summed E-state index contributed by atoms with van der Waals surface area (Å²) < 4.78 is 18.8. The highest BCUT2D eigenvalue weighted by Gasteiger charge is 2.20. The lowest BCUT2D eigenvalue weighted by Gasteiger charge is -2.17. The number of carbonyl (C=O) groups excluding carboxylic acids is 2.